The SMILES string of the molecule is CCOC(=O)c1cc(NC(=O)[C@H](C)Oc2cccc(C)c2)ccc1Cl. The van der Waals surface area contributed by atoms with Gasteiger partial charge in [-0.25, -0.2) is 4.79 Å². The maximum atomic E-state index is 12.3. The Kier molecular flexibility index (Phi) is 6.42. The Morgan fingerprint density at radius 3 is 2.64 bits per heavy atom. The van der Waals surface area contributed by atoms with E-state index in [1.54, 1.807) is 26.0 Å². The summed E-state index contributed by atoms with van der Waals surface area (Å²) in [4.78, 5) is 24.2. The van der Waals surface area contributed by atoms with Gasteiger partial charge < -0.3 is 14.8 Å². The molecule has 0 aromatic heterocycles. The highest BCUT2D eigenvalue weighted by Gasteiger charge is 2.17. The first-order valence-corrected chi connectivity index (χ1v) is 8.29. The Bertz CT molecular complexity index is 776. The van der Waals surface area contributed by atoms with E-state index in [1.807, 2.05) is 25.1 Å². The summed E-state index contributed by atoms with van der Waals surface area (Å²) in [7, 11) is 0. The van der Waals surface area contributed by atoms with Crippen molar-refractivity contribution >= 4 is 29.2 Å². The predicted molar refractivity (Wildman–Crippen MR) is 97.3 cm³/mol. The summed E-state index contributed by atoms with van der Waals surface area (Å²) in [6, 6.07) is 12.1. The van der Waals surface area contributed by atoms with Crippen molar-refractivity contribution < 1.29 is 19.1 Å². The molecule has 0 fully saturated rings. The van der Waals surface area contributed by atoms with Crippen molar-refractivity contribution in [3.8, 4) is 5.75 Å². The third kappa shape index (κ3) is 5.22. The molecule has 0 saturated heterocycles. The van der Waals surface area contributed by atoms with Crippen LogP contribution in [-0.4, -0.2) is 24.6 Å². The average Bonchev–Trinajstić information content (AvgIpc) is 2.56. The molecule has 0 aliphatic rings. The highest BCUT2D eigenvalue weighted by molar-refractivity contribution is 6.33. The van der Waals surface area contributed by atoms with Gasteiger partial charge in [0, 0.05) is 5.69 Å². The number of anilines is 1. The Morgan fingerprint density at radius 2 is 1.96 bits per heavy atom. The van der Waals surface area contributed by atoms with Crippen LogP contribution in [0.4, 0.5) is 5.69 Å². The van der Waals surface area contributed by atoms with Crippen LogP contribution < -0.4 is 10.1 Å². The number of ether oxygens (including phenoxy) is 2. The molecule has 2 rings (SSSR count). The van der Waals surface area contributed by atoms with Gasteiger partial charge in [0.1, 0.15) is 5.75 Å². The quantitative estimate of drug-likeness (QED) is 0.782. The summed E-state index contributed by atoms with van der Waals surface area (Å²) < 4.78 is 10.6. The van der Waals surface area contributed by atoms with E-state index in [9.17, 15) is 9.59 Å². The van der Waals surface area contributed by atoms with Crippen molar-refractivity contribution in [1.82, 2.24) is 0 Å². The Hall–Kier alpha value is -2.53. The van der Waals surface area contributed by atoms with Crippen LogP contribution in [0.15, 0.2) is 42.5 Å². The number of hydrogen-bond acceptors (Lipinski definition) is 4. The third-order valence-electron chi connectivity index (χ3n) is 3.40. The number of halogens is 1. The minimum absolute atomic E-state index is 0.202. The largest absolute Gasteiger partial charge is 0.481 e. The van der Waals surface area contributed by atoms with E-state index in [-0.39, 0.29) is 23.1 Å². The van der Waals surface area contributed by atoms with Gasteiger partial charge in [-0.15, -0.1) is 0 Å². The van der Waals surface area contributed by atoms with Gasteiger partial charge >= 0.3 is 5.97 Å². The van der Waals surface area contributed by atoms with E-state index in [0.29, 0.717) is 11.4 Å². The third-order valence-corrected chi connectivity index (χ3v) is 3.73. The number of hydrogen-bond donors (Lipinski definition) is 1. The lowest BCUT2D eigenvalue weighted by Crippen LogP contribution is -2.30. The van der Waals surface area contributed by atoms with Gasteiger partial charge in [-0.2, -0.15) is 0 Å². The molecule has 0 unspecified atom stereocenters. The molecular weight excluding hydrogens is 342 g/mol. The van der Waals surface area contributed by atoms with E-state index in [1.165, 1.54) is 12.1 Å². The molecule has 2 aromatic carbocycles. The normalized spacial score (nSPS) is 11.5. The van der Waals surface area contributed by atoms with Crippen molar-refractivity contribution in [3.05, 3.63) is 58.6 Å². The molecule has 5 nitrogen and oxygen atoms in total. The average molecular weight is 362 g/mol. The molecular formula is C19H20ClNO4. The van der Waals surface area contributed by atoms with Gasteiger partial charge in [-0.05, 0) is 56.7 Å². The summed E-state index contributed by atoms with van der Waals surface area (Å²) >= 11 is 6.01. The van der Waals surface area contributed by atoms with Crippen molar-refractivity contribution in [1.29, 1.82) is 0 Å². The molecule has 0 saturated carbocycles. The van der Waals surface area contributed by atoms with E-state index in [2.05, 4.69) is 5.32 Å². The molecule has 132 valence electrons. The highest BCUT2D eigenvalue weighted by Crippen LogP contribution is 2.22. The van der Waals surface area contributed by atoms with Crippen molar-refractivity contribution in [2.24, 2.45) is 0 Å². The van der Waals surface area contributed by atoms with Gasteiger partial charge in [0.05, 0.1) is 17.2 Å². The summed E-state index contributed by atoms with van der Waals surface area (Å²) in [5, 5.41) is 2.98. The summed E-state index contributed by atoms with van der Waals surface area (Å²) in [5.41, 5.74) is 1.69. The molecule has 25 heavy (non-hydrogen) atoms. The van der Waals surface area contributed by atoms with Crippen LogP contribution in [0.1, 0.15) is 29.8 Å². The lowest BCUT2D eigenvalue weighted by molar-refractivity contribution is -0.122. The molecule has 0 aliphatic heterocycles. The second kappa shape index (κ2) is 8.53. The monoisotopic (exact) mass is 361 g/mol. The zero-order valence-corrected chi connectivity index (χ0v) is 15.1. The number of aryl methyl sites for hydroxylation is 1. The number of amides is 1. The number of nitrogens with one attached hydrogen (secondary N) is 1. The van der Waals surface area contributed by atoms with Crippen molar-refractivity contribution in [2.75, 3.05) is 11.9 Å². The van der Waals surface area contributed by atoms with Gasteiger partial charge in [-0.1, -0.05) is 23.7 Å². The number of rotatable bonds is 6. The molecule has 0 spiro atoms. The Labute approximate surface area is 151 Å². The topological polar surface area (TPSA) is 64.6 Å². The van der Waals surface area contributed by atoms with Crippen LogP contribution in [-0.2, 0) is 9.53 Å². The first-order valence-electron chi connectivity index (χ1n) is 7.91. The van der Waals surface area contributed by atoms with Crippen LogP contribution in [0.2, 0.25) is 5.02 Å². The van der Waals surface area contributed by atoms with E-state index < -0.39 is 12.1 Å². The minimum Gasteiger partial charge on any atom is -0.481 e. The van der Waals surface area contributed by atoms with Gasteiger partial charge in [0.25, 0.3) is 5.91 Å². The zero-order valence-electron chi connectivity index (χ0n) is 14.3. The maximum absolute atomic E-state index is 12.3. The summed E-state index contributed by atoms with van der Waals surface area (Å²) in [5.74, 6) is -0.253. The second-order valence-electron chi connectivity index (χ2n) is 5.48. The van der Waals surface area contributed by atoms with Gasteiger partial charge in [-0.3, -0.25) is 4.79 Å². The first kappa shape index (κ1) is 18.8. The molecule has 2 aromatic rings. The zero-order chi connectivity index (χ0) is 18.4. The predicted octanol–water partition coefficient (Wildman–Crippen LogP) is 4.23. The Morgan fingerprint density at radius 1 is 1.20 bits per heavy atom. The van der Waals surface area contributed by atoms with E-state index in [0.717, 1.165) is 5.56 Å². The molecule has 0 bridgehead atoms. The molecule has 1 amide bonds. The van der Waals surface area contributed by atoms with E-state index in [4.69, 9.17) is 21.1 Å². The van der Waals surface area contributed by atoms with E-state index >= 15 is 0 Å². The molecule has 1 atom stereocenters. The first-order chi connectivity index (χ1) is 11.9. The van der Waals surface area contributed by atoms with Crippen LogP contribution in [0, 0.1) is 6.92 Å². The number of esters is 1. The van der Waals surface area contributed by atoms with Crippen LogP contribution in [0.25, 0.3) is 0 Å². The second-order valence-corrected chi connectivity index (χ2v) is 5.89. The Balaban J connectivity index is 2.06. The molecule has 0 aliphatic carbocycles. The maximum Gasteiger partial charge on any atom is 0.339 e. The van der Waals surface area contributed by atoms with Gasteiger partial charge in [0.15, 0.2) is 6.10 Å². The van der Waals surface area contributed by atoms with Crippen molar-refractivity contribution in [3.63, 3.8) is 0 Å². The fraction of sp³-hybridized carbons (Fsp3) is 0.263. The minimum atomic E-state index is -0.705. The smallest absolute Gasteiger partial charge is 0.339 e. The number of carbonyl (C=O) groups excluding carboxylic acids is 2. The fourth-order valence-electron chi connectivity index (χ4n) is 2.16. The standard InChI is InChI=1S/C19H20ClNO4/c1-4-24-19(23)16-11-14(8-9-17(16)20)21-18(22)13(3)25-15-7-5-6-12(2)10-15/h5-11,13H,4H2,1-3H3,(H,21,22)/t13-/m0/s1. The van der Waals surface area contributed by atoms with Crippen LogP contribution in [0.5, 0.6) is 5.75 Å². The van der Waals surface area contributed by atoms with Gasteiger partial charge in [0.2, 0.25) is 0 Å². The molecule has 1 N–H and O–H groups in total. The highest BCUT2D eigenvalue weighted by atomic mass is 35.5. The number of benzene rings is 2. The van der Waals surface area contributed by atoms with Crippen LogP contribution >= 0.6 is 11.6 Å². The molecule has 6 heteroatoms. The lowest BCUT2D eigenvalue weighted by atomic mass is 10.2. The summed E-state index contributed by atoms with van der Waals surface area (Å²) in [6.45, 7) is 5.55. The molecule has 0 heterocycles. The lowest BCUT2D eigenvalue weighted by Gasteiger charge is -2.15. The number of carbonyl (C=O) groups is 2. The van der Waals surface area contributed by atoms with Crippen LogP contribution in [0.3, 0.4) is 0 Å². The summed E-state index contributed by atoms with van der Waals surface area (Å²) in [6.07, 6.45) is -0.705. The van der Waals surface area contributed by atoms with Crippen molar-refractivity contribution in [2.45, 2.75) is 26.9 Å². The molecule has 0 radical (unpaired) electrons. The fourth-order valence-corrected chi connectivity index (χ4v) is 2.35.